The second-order valence-corrected chi connectivity index (χ2v) is 6.52. The van der Waals surface area contributed by atoms with Crippen LogP contribution in [0, 0.1) is 22.7 Å². The number of nitrogens with one attached hydrogen (secondary N) is 1. The number of carbonyl (C=O) groups is 1. The Morgan fingerprint density at radius 3 is 2.11 bits per heavy atom. The van der Waals surface area contributed by atoms with Crippen LogP contribution < -0.4 is 5.32 Å². The lowest BCUT2D eigenvalue weighted by Crippen LogP contribution is -2.46. The van der Waals surface area contributed by atoms with E-state index in [1.807, 2.05) is 13.8 Å². The molecule has 0 aromatic heterocycles. The third-order valence-electron chi connectivity index (χ3n) is 3.29. The molecule has 3 heteroatoms. The number of carbonyl (C=O) groups excluding carboxylic acids is 1. The molecule has 1 atom stereocenters. The van der Waals surface area contributed by atoms with Gasteiger partial charge in [-0.05, 0) is 30.6 Å². The van der Waals surface area contributed by atoms with Gasteiger partial charge >= 0.3 is 0 Å². The van der Waals surface area contributed by atoms with Crippen molar-refractivity contribution in [1.82, 2.24) is 5.32 Å². The van der Waals surface area contributed by atoms with Crippen molar-refractivity contribution in [2.45, 2.75) is 72.8 Å². The van der Waals surface area contributed by atoms with Crippen LogP contribution in [0.4, 0.5) is 0 Å². The Hall–Kier alpha value is -1.04. The first-order valence-electron chi connectivity index (χ1n) is 6.90. The summed E-state index contributed by atoms with van der Waals surface area (Å²) in [5.74, 6) is 0.340. The van der Waals surface area contributed by atoms with Crippen LogP contribution in [0.1, 0.15) is 67.2 Å². The molecule has 18 heavy (non-hydrogen) atoms. The van der Waals surface area contributed by atoms with E-state index in [0.717, 1.165) is 6.42 Å². The third kappa shape index (κ3) is 6.05. The summed E-state index contributed by atoms with van der Waals surface area (Å²) < 4.78 is 0. The summed E-state index contributed by atoms with van der Waals surface area (Å²) in [6.07, 6.45) is 2.82. The summed E-state index contributed by atoms with van der Waals surface area (Å²) in [5.41, 5.74) is -0.444. The molecule has 0 saturated heterocycles. The highest BCUT2D eigenvalue weighted by molar-refractivity contribution is 5.77. The van der Waals surface area contributed by atoms with E-state index in [9.17, 15) is 10.1 Å². The van der Waals surface area contributed by atoms with Gasteiger partial charge in [0, 0.05) is 6.42 Å². The maximum Gasteiger partial charge on any atom is 0.221 e. The Morgan fingerprint density at radius 1 is 1.28 bits per heavy atom. The fourth-order valence-electron chi connectivity index (χ4n) is 2.36. The molecular weight excluding hydrogens is 224 g/mol. The van der Waals surface area contributed by atoms with Crippen molar-refractivity contribution in [3.8, 4) is 6.07 Å². The molecule has 0 fully saturated rings. The first-order chi connectivity index (χ1) is 8.18. The number of nitriles is 1. The molecule has 3 nitrogen and oxygen atoms in total. The lowest BCUT2D eigenvalue weighted by molar-refractivity contribution is -0.123. The van der Waals surface area contributed by atoms with E-state index < -0.39 is 5.54 Å². The van der Waals surface area contributed by atoms with Crippen molar-refractivity contribution >= 4 is 5.91 Å². The minimum absolute atomic E-state index is 0.00278. The van der Waals surface area contributed by atoms with E-state index in [2.05, 4.69) is 39.1 Å². The van der Waals surface area contributed by atoms with Crippen molar-refractivity contribution in [2.75, 3.05) is 0 Å². The minimum Gasteiger partial charge on any atom is -0.338 e. The summed E-state index contributed by atoms with van der Waals surface area (Å²) in [6, 6.07) is 2.24. The quantitative estimate of drug-likeness (QED) is 0.784. The molecule has 1 amide bonds. The molecule has 0 aliphatic carbocycles. The van der Waals surface area contributed by atoms with Crippen LogP contribution in [0.2, 0.25) is 0 Å². The van der Waals surface area contributed by atoms with Crippen LogP contribution in [0.15, 0.2) is 0 Å². The molecule has 0 aromatic rings. The maximum absolute atomic E-state index is 12.0. The zero-order chi connectivity index (χ0) is 14.4. The van der Waals surface area contributed by atoms with Gasteiger partial charge in [0.25, 0.3) is 0 Å². The van der Waals surface area contributed by atoms with Crippen molar-refractivity contribution in [1.29, 1.82) is 5.26 Å². The van der Waals surface area contributed by atoms with Crippen molar-refractivity contribution < 1.29 is 4.79 Å². The first-order valence-corrected chi connectivity index (χ1v) is 6.90. The first kappa shape index (κ1) is 17.0. The second-order valence-electron chi connectivity index (χ2n) is 6.52. The van der Waals surface area contributed by atoms with E-state index >= 15 is 0 Å². The molecule has 0 bridgehead atoms. The second kappa shape index (κ2) is 6.78. The van der Waals surface area contributed by atoms with Crippen LogP contribution in [-0.4, -0.2) is 11.4 Å². The Morgan fingerprint density at radius 2 is 1.78 bits per heavy atom. The van der Waals surface area contributed by atoms with Crippen LogP contribution in [-0.2, 0) is 4.79 Å². The summed E-state index contributed by atoms with van der Waals surface area (Å²) in [6.45, 7) is 12.5. The Kier molecular flexibility index (Phi) is 6.38. The number of rotatable bonds is 6. The van der Waals surface area contributed by atoms with Gasteiger partial charge in [0.15, 0.2) is 0 Å². The van der Waals surface area contributed by atoms with E-state index in [1.54, 1.807) is 0 Å². The number of amides is 1. The highest BCUT2D eigenvalue weighted by Gasteiger charge is 2.28. The van der Waals surface area contributed by atoms with Crippen LogP contribution >= 0.6 is 0 Å². The molecule has 1 N–H and O–H groups in total. The summed E-state index contributed by atoms with van der Waals surface area (Å²) in [5, 5.41) is 12.1. The predicted octanol–water partition coefficient (Wildman–Crippen LogP) is 3.65. The van der Waals surface area contributed by atoms with Crippen LogP contribution in [0.5, 0.6) is 0 Å². The van der Waals surface area contributed by atoms with Gasteiger partial charge in [-0.3, -0.25) is 4.79 Å². The topological polar surface area (TPSA) is 52.9 Å². The molecule has 0 spiro atoms. The van der Waals surface area contributed by atoms with Gasteiger partial charge in [-0.15, -0.1) is 0 Å². The van der Waals surface area contributed by atoms with Gasteiger partial charge in [0.05, 0.1) is 6.07 Å². The molecule has 0 rings (SSSR count). The molecule has 0 aliphatic rings. The summed E-state index contributed by atoms with van der Waals surface area (Å²) in [7, 11) is 0. The van der Waals surface area contributed by atoms with Gasteiger partial charge in [-0.1, -0.05) is 41.5 Å². The average Bonchev–Trinajstić information content (AvgIpc) is 2.23. The molecule has 0 aliphatic heterocycles. The number of hydrogen-bond donors (Lipinski definition) is 1. The Bertz CT molecular complexity index is 305. The standard InChI is InChI=1S/C15H28N2O/c1-7-15(8-2,11-16)17-13(18)9-12(3)10-14(4,5)6/h12H,7-10H2,1-6H3,(H,17,18). The zero-order valence-electron chi connectivity index (χ0n) is 12.8. The predicted molar refractivity (Wildman–Crippen MR) is 74.9 cm³/mol. The van der Waals surface area contributed by atoms with Crippen molar-refractivity contribution in [3.63, 3.8) is 0 Å². The van der Waals surface area contributed by atoms with E-state index in [1.165, 1.54) is 0 Å². The lowest BCUT2D eigenvalue weighted by atomic mass is 9.84. The van der Waals surface area contributed by atoms with Gasteiger partial charge in [0.2, 0.25) is 5.91 Å². The fraction of sp³-hybridized carbons (Fsp3) is 0.867. The minimum atomic E-state index is -0.682. The highest BCUT2D eigenvalue weighted by Crippen LogP contribution is 2.26. The summed E-state index contributed by atoms with van der Waals surface area (Å²) in [4.78, 5) is 12.0. The van der Waals surface area contributed by atoms with Gasteiger partial charge < -0.3 is 5.32 Å². The maximum atomic E-state index is 12.0. The normalized spacial score (nSPS) is 13.8. The molecule has 104 valence electrons. The Labute approximate surface area is 112 Å². The highest BCUT2D eigenvalue weighted by atomic mass is 16.1. The van der Waals surface area contributed by atoms with Gasteiger partial charge in [-0.25, -0.2) is 0 Å². The lowest BCUT2D eigenvalue weighted by Gasteiger charge is -2.27. The number of nitrogens with zero attached hydrogens (tertiary/aromatic N) is 1. The SMILES string of the molecule is CCC(C#N)(CC)NC(=O)CC(C)CC(C)(C)C. The molecule has 0 radical (unpaired) electrons. The van der Waals surface area contributed by atoms with Gasteiger partial charge in [-0.2, -0.15) is 5.26 Å². The zero-order valence-corrected chi connectivity index (χ0v) is 12.8. The van der Waals surface area contributed by atoms with Crippen LogP contribution in [0.25, 0.3) is 0 Å². The summed E-state index contributed by atoms with van der Waals surface area (Å²) >= 11 is 0. The molecule has 1 unspecified atom stereocenters. The van der Waals surface area contributed by atoms with Gasteiger partial charge in [0.1, 0.15) is 5.54 Å². The van der Waals surface area contributed by atoms with Crippen molar-refractivity contribution in [2.24, 2.45) is 11.3 Å². The molecule has 0 heterocycles. The molecule has 0 saturated carbocycles. The molecular formula is C15H28N2O. The average molecular weight is 252 g/mol. The van der Waals surface area contributed by atoms with Crippen molar-refractivity contribution in [3.05, 3.63) is 0 Å². The monoisotopic (exact) mass is 252 g/mol. The van der Waals surface area contributed by atoms with E-state index in [0.29, 0.717) is 25.2 Å². The van der Waals surface area contributed by atoms with E-state index in [-0.39, 0.29) is 11.3 Å². The molecule has 0 aromatic carbocycles. The fourth-order valence-corrected chi connectivity index (χ4v) is 2.36. The van der Waals surface area contributed by atoms with E-state index in [4.69, 9.17) is 0 Å². The smallest absolute Gasteiger partial charge is 0.221 e. The van der Waals surface area contributed by atoms with Crippen LogP contribution in [0.3, 0.4) is 0 Å². The third-order valence-corrected chi connectivity index (χ3v) is 3.29. The largest absolute Gasteiger partial charge is 0.338 e. The number of hydrogen-bond acceptors (Lipinski definition) is 2. The Balaban J connectivity index is 4.39.